The Morgan fingerprint density at radius 3 is 2.00 bits per heavy atom. The van der Waals surface area contributed by atoms with E-state index < -0.39 is 132 Å². The van der Waals surface area contributed by atoms with E-state index in [9.17, 15) is 39.6 Å². The van der Waals surface area contributed by atoms with E-state index in [2.05, 4.69) is 0 Å². The summed E-state index contributed by atoms with van der Waals surface area (Å²) in [4.78, 5) is 55.6. The monoisotopic (exact) mass is 980 g/mol. The number of hydrogen-bond acceptors (Lipinski definition) is 17. The molecule has 357 valence electrons. The number of aliphatic hydroxyl groups excluding tert-OH is 2. The van der Waals surface area contributed by atoms with Crippen LogP contribution in [0.4, 0.5) is 0 Å². The summed E-state index contributed by atoms with van der Waals surface area (Å²) in [5.41, 5.74) is -5.06. The van der Waals surface area contributed by atoms with Crippen LogP contribution in [0.5, 0.6) is 0 Å². The Balaban J connectivity index is 0.00000961. The van der Waals surface area contributed by atoms with Gasteiger partial charge in [-0.3, -0.25) is 19.2 Å². The van der Waals surface area contributed by atoms with Crippen LogP contribution in [-0.2, 0) is 89.8 Å². The van der Waals surface area contributed by atoms with Gasteiger partial charge in [0, 0.05) is 64.0 Å². The molecule has 0 aliphatic carbocycles. The summed E-state index contributed by atoms with van der Waals surface area (Å²) >= 11 is 0. The van der Waals surface area contributed by atoms with Crippen LogP contribution in [0.2, 0.25) is 0 Å². The number of rotatable bonds is 12. The van der Waals surface area contributed by atoms with Crippen molar-refractivity contribution >= 4 is 41.1 Å². The Bertz CT molecular complexity index is 1460. The summed E-state index contributed by atoms with van der Waals surface area (Å²) in [6.07, 6.45) is -11.1. The number of cyclic esters (lactones) is 1. The molecule has 3 aliphatic heterocycles. The number of ether oxygens (including phenoxy) is 8. The SMILES string of the molecule is CCOC(=O)CCC(=O)O[C@H]1[C@H](O[C@@H]2[C@@H](C)[C@H](O[C@H]3C[C@@](C)(OC)[C@@H](O)[C@H](C)O3)[C@@H](C)C(=O)O[C@H](CC)[C@@](C)(O)[C@H](O)[C@@H](C)C(=O)[C@H](C)C[C@@]2(C)O)O[C@H](C)C[C@@H]1N(C)C.[AlH3].[Y]. The predicted molar refractivity (Wildman–Crippen MR) is 226 cm³/mol. The van der Waals surface area contributed by atoms with Gasteiger partial charge >= 0.3 is 17.9 Å². The van der Waals surface area contributed by atoms with Crippen molar-refractivity contribution in [2.75, 3.05) is 27.8 Å². The molecule has 19 heteroatoms. The molecule has 0 bridgehead atoms. The second-order valence-electron chi connectivity index (χ2n) is 18.2. The Morgan fingerprint density at radius 1 is 0.855 bits per heavy atom. The quantitative estimate of drug-likeness (QED) is 0.124. The van der Waals surface area contributed by atoms with Gasteiger partial charge < -0.3 is 63.2 Å². The topological polar surface area (TPSA) is 226 Å². The maximum absolute atomic E-state index is 14.3. The average Bonchev–Trinajstić information content (AvgIpc) is 3.17. The van der Waals surface area contributed by atoms with Gasteiger partial charge in [-0.15, -0.1) is 0 Å². The van der Waals surface area contributed by atoms with Crippen LogP contribution in [0.1, 0.15) is 115 Å². The van der Waals surface area contributed by atoms with Gasteiger partial charge in [-0.05, 0) is 81.8 Å². The molecule has 0 aromatic carbocycles. The molecule has 18 atom stereocenters. The fourth-order valence-electron chi connectivity index (χ4n) is 9.17. The molecule has 17 nitrogen and oxygen atoms in total. The van der Waals surface area contributed by atoms with Gasteiger partial charge in [0.25, 0.3) is 0 Å². The number of nitrogens with zero attached hydrogens (tertiary/aromatic N) is 1. The van der Waals surface area contributed by atoms with Gasteiger partial charge in [0.05, 0.1) is 73.1 Å². The number of carbonyl (C=O) groups excluding carboxylic acids is 4. The first-order valence-electron chi connectivity index (χ1n) is 21.5. The molecule has 4 N–H and O–H groups in total. The first-order valence-corrected chi connectivity index (χ1v) is 21.5. The Kier molecular flexibility index (Phi) is 23.8. The zero-order valence-electron chi connectivity index (χ0n) is 38.8. The smallest absolute Gasteiger partial charge is 0.311 e. The number of methoxy groups -OCH3 is 1. The van der Waals surface area contributed by atoms with Gasteiger partial charge in [0.15, 0.2) is 36.0 Å². The minimum Gasteiger partial charge on any atom is -0.466 e. The van der Waals surface area contributed by atoms with E-state index in [1.807, 2.05) is 25.9 Å². The largest absolute Gasteiger partial charge is 0.466 e. The van der Waals surface area contributed by atoms with Gasteiger partial charge in [-0.1, -0.05) is 27.7 Å². The molecule has 0 amide bonds. The zero-order chi connectivity index (χ0) is 45.7. The van der Waals surface area contributed by atoms with E-state index in [0.717, 1.165) is 0 Å². The summed E-state index contributed by atoms with van der Waals surface area (Å²) in [5.74, 6) is -6.64. The Morgan fingerprint density at radius 2 is 1.45 bits per heavy atom. The Labute approximate surface area is 404 Å². The molecule has 0 saturated carbocycles. The summed E-state index contributed by atoms with van der Waals surface area (Å²) in [6.45, 7) is 17.9. The summed E-state index contributed by atoms with van der Waals surface area (Å²) in [6, 6.07) is -0.443. The van der Waals surface area contributed by atoms with Gasteiger partial charge in [-0.25, -0.2) is 0 Å². The number of hydrogen-bond donors (Lipinski definition) is 4. The third-order valence-corrected chi connectivity index (χ3v) is 12.9. The van der Waals surface area contributed by atoms with E-state index in [0.29, 0.717) is 6.42 Å². The minimum absolute atomic E-state index is 0. The average molecular weight is 981 g/mol. The van der Waals surface area contributed by atoms with Crippen LogP contribution in [0, 0.1) is 23.7 Å². The second-order valence-corrected chi connectivity index (χ2v) is 18.2. The van der Waals surface area contributed by atoms with Crippen molar-refractivity contribution in [1.29, 1.82) is 0 Å². The maximum Gasteiger partial charge on any atom is 0.311 e. The van der Waals surface area contributed by atoms with Gasteiger partial charge in [-0.2, -0.15) is 0 Å². The van der Waals surface area contributed by atoms with Crippen molar-refractivity contribution in [2.24, 2.45) is 23.7 Å². The van der Waals surface area contributed by atoms with E-state index in [1.165, 1.54) is 27.9 Å². The van der Waals surface area contributed by atoms with Crippen LogP contribution < -0.4 is 0 Å². The molecule has 3 fully saturated rings. The number of aliphatic hydroxyl groups is 4. The molecular formula is C43H78AlNO16Y. The molecule has 1 radical (unpaired) electrons. The molecule has 3 rings (SSSR count). The number of ketones is 1. The number of Topliss-reactive ketones (excluding diaryl/α,β-unsaturated/α-hetero) is 1. The second kappa shape index (κ2) is 24.9. The van der Waals surface area contributed by atoms with E-state index >= 15 is 0 Å². The van der Waals surface area contributed by atoms with Crippen LogP contribution in [-0.4, -0.2) is 178 Å². The number of carbonyl (C=O) groups is 4. The van der Waals surface area contributed by atoms with Crippen LogP contribution in [0.3, 0.4) is 0 Å². The fourth-order valence-corrected chi connectivity index (χ4v) is 9.17. The van der Waals surface area contributed by atoms with E-state index in [-0.39, 0.29) is 88.8 Å². The molecular weight excluding hydrogens is 902 g/mol. The first-order chi connectivity index (χ1) is 27.8. The number of esters is 3. The zero-order valence-corrected chi connectivity index (χ0v) is 41.7. The van der Waals surface area contributed by atoms with Crippen LogP contribution in [0.25, 0.3) is 0 Å². The molecule has 0 aromatic heterocycles. The van der Waals surface area contributed by atoms with E-state index in [4.69, 9.17) is 37.9 Å². The van der Waals surface area contributed by atoms with Crippen molar-refractivity contribution in [3.63, 3.8) is 0 Å². The first kappa shape index (κ1) is 59.3. The predicted octanol–water partition coefficient (Wildman–Crippen LogP) is 1.49. The van der Waals surface area contributed by atoms with Gasteiger partial charge in [0.1, 0.15) is 23.6 Å². The van der Waals surface area contributed by atoms with E-state index in [1.54, 1.807) is 48.5 Å². The summed E-state index contributed by atoms with van der Waals surface area (Å²) in [7, 11) is 5.09. The fraction of sp³-hybridized carbons (Fsp3) is 0.907. The Hall–Kier alpha value is -0.684. The van der Waals surface area contributed by atoms with Crippen molar-refractivity contribution < 1.29 is 110 Å². The maximum atomic E-state index is 14.3. The van der Waals surface area contributed by atoms with Crippen molar-refractivity contribution in [3.05, 3.63) is 0 Å². The molecule has 62 heavy (non-hydrogen) atoms. The molecule has 3 aliphatic rings. The number of likely N-dealkylation sites (N-methyl/N-ethyl adjacent to an activating group) is 1. The summed E-state index contributed by atoms with van der Waals surface area (Å²) in [5, 5.41) is 46.8. The van der Waals surface area contributed by atoms with Crippen LogP contribution in [0.15, 0.2) is 0 Å². The normalized spacial score (nSPS) is 42.4. The third kappa shape index (κ3) is 14.4. The summed E-state index contributed by atoms with van der Waals surface area (Å²) < 4.78 is 48.8. The molecule has 0 unspecified atom stereocenters. The molecule has 3 saturated heterocycles. The van der Waals surface area contributed by atoms with Crippen molar-refractivity contribution in [2.45, 2.75) is 199 Å². The van der Waals surface area contributed by atoms with Crippen LogP contribution >= 0.6 is 0 Å². The third-order valence-electron chi connectivity index (χ3n) is 12.9. The van der Waals surface area contributed by atoms with Crippen molar-refractivity contribution in [3.8, 4) is 0 Å². The molecule has 0 aromatic rings. The van der Waals surface area contributed by atoms with Gasteiger partial charge in [0.2, 0.25) is 0 Å². The molecule has 3 heterocycles. The van der Waals surface area contributed by atoms with Crippen molar-refractivity contribution in [1.82, 2.24) is 4.90 Å². The molecule has 0 spiro atoms. The standard InChI is InChI=1S/C43H75NO16.Al.Y.3H/c1-15-29-43(11,52)36(48)24(5)33(47)22(3)20-41(9,51)38(25(6)34(26(7)39(50)57-29)59-32-21-42(10,53-14)37(49)27(8)56-32)60-40-35(28(44(12)13)19-23(4)55-40)58-31(46)18-17-30(45)54-16-2;;;;;/h22-29,32,34-38,40,48-49,51-52H,15-21H2,1-14H3;;;;;/t22-,23-,24+,25+,26-,27+,28+,29-,32+,34+,35-,36-,37+,38-,40+,41-,42-,43-;;;;;/m1...../s1. The minimum atomic E-state index is -2.04.